The van der Waals surface area contributed by atoms with Crippen molar-refractivity contribution in [3.05, 3.63) is 35.4 Å². The Morgan fingerprint density at radius 1 is 0.773 bits per heavy atom. The summed E-state index contributed by atoms with van der Waals surface area (Å²) in [5.41, 5.74) is 2.12. The van der Waals surface area contributed by atoms with E-state index >= 15 is 0 Å². The van der Waals surface area contributed by atoms with Gasteiger partial charge in [0.25, 0.3) is 0 Å². The van der Waals surface area contributed by atoms with E-state index in [1.165, 1.54) is 0 Å². The predicted molar refractivity (Wildman–Crippen MR) is 94.6 cm³/mol. The zero-order chi connectivity index (χ0) is 15.4. The normalized spacial score (nSPS) is 19.1. The molecule has 1 aromatic carbocycles. The van der Waals surface area contributed by atoms with Crippen LogP contribution in [0.3, 0.4) is 0 Å². The third kappa shape index (κ3) is 3.63. The number of rotatable bonds is 2. The Hall–Kier alpha value is -1.08. The molecule has 0 bridgehead atoms. The van der Waals surface area contributed by atoms with E-state index in [1.54, 1.807) is 0 Å². The predicted octanol–water partition coefficient (Wildman–Crippen LogP) is 1.70. The summed E-state index contributed by atoms with van der Waals surface area (Å²) >= 11 is 11.3. The summed E-state index contributed by atoms with van der Waals surface area (Å²) in [6.07, 6.45) is 0. The smallest absolute Gasteiger partial charge is 0.109 e. The zero-order valence-electron chi connectivity index (χ0n) is 12.5. The molecule has 3 rings (SSSR count). The maximum atomic E-state index is 5.64. The molecule has 2 aliphatic rings. The van der Waals surface area contributed by atoms with Gasteiger partial charge in [-0.15, -0.1) is 0 Å². The number of hydrogen-bond donors (Lipinski definition) is 0. The Labute approximate surface area is 142 Å². The molecular formula is C16H20N2O2S2. The Morgan fingerprint density at radius 3 is 1.59 bits per heavy atom. The summed E-state index contributed by atoms with van der Waals surface area (Å²) in [4.78, 5) is 6.18. The van der Waals surface area contributed by atoms with Gasteiger partial charge in [0.2, 0.25) is 0 Å². The minimum atomic E-state index is 0.742. The molecule has 2 fully saturated rings. The second-order valence-corrected chi connectivity index (χ2v) is 6.16. The second kappa shape index (κ2) is 7.46. The lowest BCUT2D eigenvalue weighted by atomic mass is 10.1. The standard InChI is InChI=1S/C16H20N2O2S2/c21-15(17-4-8-19-9-5-17)13-2-1-3-14(12-13)16(22)18-6-10-20-11-7-18/h1-3,12H,4-11H2. The average molecular weight is 336 g/mol. The first kappa shape index (κ1) is 15.8. The van der Waals surface area contributed by atoms with E-state index in [-0.39, 0.29) is 0 Å². The fourth-order valence-corrected chi connectivity index (χ4v) is 3.30. The first-order valence-electron chi connectivity index (χ1n) is 7.60. The third-order valence-corrected chi connectivity index (χ3v) is 4.94. The average Bonchev–Trinajstić information content (AvgIpc) is 2.62. The molecule has 0 amide bonds. The molecule has 2 heterocycles. The summed E-state index contributed by atoms with van der Waals surface area (Å²) in [5, 5.41) is 0. The Kier molecular flexibility index (Phi) is 5.36. The van der Waals surface area contributed by atoms with Crippen molar-refractivity contribution in [2.45, 2.75) is 0 Å². The van der Waals surface area contributed by atoms with E-state index < -0.39 is 0 Å². The number of ether oxygens (including phenoxy) is 2. The molecule has 0 radical (unpaired) electrons. The fraction of sp³-hybridized carbons (Fsp3) is 0.500. The van der Waals surface area contributed by atoms with Crippen molar-refractivity contribution >= 4 is 34.4 Å². The van der Waals surface area contributed by atoms with Gasteiger partial charge in [-0.2, -0.15) is 0 Å². The molecule has 1 aromatic rings. The van der Waals surface area contributed by atoms with Crippen LogP contribution in [0.5, 0.6) is 0 Å². The molecule has 0 spiro atoms. The van der Waals surface area contributed by atoms with Crippen LogP contribution in [0.25, 0.3) is 0 Å². The highest BCUT2D eigenvalue weighted by Gasteiger charge is 2.18. The third-order valence-electron chi connectivity index (χ3n) is 3.95. The van der Waals surface area contributed by atoms with Gasteiger partial charge in [-0.3, -0.25) is 0 Å². The summed E-state index contributed by atoms with van der Waals surface area (Å²) in [6.45, 7) is 6.40. The van der Waals surface area contributed by atoms with Crippen LogP contribution >= 0.6 is 24.4 Å². The topological polar surface area (TPSA) is 24.9 Å². The first-order chi connectivity index (χ1) is 10.8. The van der Waals surface area contributed by atoms with Crippen LogP contribution in [-0.4, -0.2) is 72.4 Å². The summed E-state index contributed by atoms with van der Waals surface area (Å²) < 4.78 is 10.8. The molecule has 118 valence electrons. The van der Waals surface area contributed by atoms with Crippen LogP contribution in [0.4, 0.5) is 0 Å². The van der Waals surface area contributed by atoms with Gasteiger partial charge in [0.05, 0.1) is 26.4 Å². The molecule has 0 saturated carbocycles. The molecule has 0 aromatic heterocycles. The molecule has 22 heavy (non-hydrogen) atoms. The van der Waals surface area contributed by atoms with Crippen molar-refractivity contribution in [1.29, 1.82) is 0 Å². The van der Waals surface area contributed by atoms with Gasteiger partial charge in [0.1, 0.15) is 9.98 Å². The number of hydrogen-bond acceptors (Lipinski definition) is 4. The van der Waals surface area contributed by atoms with Gasteiger partial charge in [-0.25, -0.2) is 0 Å². The lowest BCUT2D eigenvalue weighted by Crippen LogP contribution is -2.41. The minimum Gasteiger partial charge on any atom is -0.378 e. The molecule has 4 nitrogen and oxygen atoms in total. The number of nitrogens with zero attached hydrogens (tertiary/aromatic N) is 2. The lowest BCUT2D eigenvalue weighted by Gasteiger charge is -2.30. The van der Waals surface area contributed by atoms with Gasteiger partial charge in [0.15, 0.2) is 0 Å². The summed E-state index contributed by atoms with van der Waals surface area (Å²) in [6, 6.07) is 8.26. The van der Waals surface area contributed by atoms with Crippen molar-refractivity contribution in [2.24, 2.45) is 0 Å². The van der Waals surface area contributed by atoms with E-state index in [9.17, 15) is 0 Å². The molecule has 6 heteroatoms. The van der Waals surface area contributed by atoms with E-state index in [4.69, 9.17) is 33.9 Å². The van der Waals surface area contributed by atoms with Crippen LogP contribution in [0.2, 0.25) is 0 Å². The van der Waals surface area contributed by atoms with Crippen LogP contribution in [-0.2, 0) is 9.47 Å². The highest BCUT2D eigenvalue weighted by Crippen LogP contribution is 2.14. The highest BCUT2D eigenvalue weighted by molar-refractivity contribution is 7.81. The van der Waals surface area contributed by atoms with Gasteiger partial charge in [-0.1, -0.05) is 42.6 Å². The number of thiocarbonyl (C=S) groups is 2. The van der Waals surface area contributed by atoms with Crippen molar-refractivity contribution in [2.75, 3.05) is 52.6 Å². The van der Waals surface area contributed by atoms with E-state index in [0.29, 0.717) is 0 Å². The van der Waals surface area contributed by atoms with Crippen molar-refractivity contribution in [3.63, 3.8) is 0 Å². The SMILES string of the molecule is S=C(c1cccc(C(=S)N2CCOCC2)c1)N1CCOCC1. The number of morpholine rings is 2. The molecule has 2 saturated heterocycles. The van der Waals surface area contributed by atoms with Gasteiger partial charge in [-0.05, 0) is 6.07 Å². The van der Waals surface area contributed by atoms with Crippen molar-refractivity contribution < 1.29 is 9.47 Å². The van der Waals surface area contributed by atoms with Crippen LogP contribution in [0.1, 0.15) is 11.1 Å². The van der Waals surface area contributed by atoms with Crippen LogP contribution < -0.4 is 0 Å². The van der Waals surface area contributed by atoms with Crippen LogP contribution in [0.15, 0.2) is 24.3 Å². The Morgan fingerprint density at radius 2 is 1.18 bits per heavy atom. The summed E-state index contributed by atoms with van der Waals surface area (Å²) in [7, 11) is 0. The minimum absolute atomic E-state index is 0.742. The maximum Gasteiger partial charge on any atom is 0.109 e. The van der Waals surface area contributed by atoms with Crippen molar-refractivity contribution in [3.8, 4) is 0 Å². The molecule has 0 atom stereocenters. The van der Waals surface area contributed by atoms with E-state index in [0.717, 1.165) is 73.7 Å². The van der Waals surface area contributed by atoms with Gasteiger partial charge < -0.3 is 19.3 Å². The quantitative estimate of drug-likeness (QED) is 0.763. The molecule has 0 unspecified atom stereocenters. The molecule has 0 aliphatic carbocycles. The molecule has 2 aliphatic heterocycles. The molecule has 0 N–H and O–H groups in total. The number of benzene rings is 1. The largest absolute Gasteiger partial charge is 0.378 e. The lowest BCUT2D eigenvalue weighted by molar-refractivity contribution is 0.0692. The van der Waals surface area contributed by atoms with Crippen molar-refractivity contribution in [1.82, 2.24) is 9.80 Å². The monoisotopic (exact) mass is 336 g/mol. The van der Waals surface area contributed by atoms with E-state index in [2.05, 4.69) is 28.0 Å². The molecular weight excluding hydrogens is 316 g/mol. The second-order valence-electron chi connectivity index (χ2n) is 5.39. The van der Waals surface area contributed by atoms with E-state index in [1.807, 2.05) is 6.07 Å². The Bertz CT molecular complexity index is 508. The first-order valence-corrected chi connectivity index (χ1v) is 8.41. The fourth-order valence-electron chi connectivity index (χ4n) is 2.68. The zero-order valence-corrected chi connectivity index (χ0v) is 14.1. The summed E-state index contributed by atoms with van der Waals surface area (Å²) in [5.74, 6) is 0. The highest BCUT2D eigenvalue weighted by atomic mass is 32.1. The van der Waals surface area contributed by atoms with Gasteiger partial charge in [0, 0.05) is 37.3 Å². The van der Waals surface area contributed by atoms with Gasteiger partial charge >= 0.3 is 0 Å². The Balaban J connectivity index is 1.73. The van der Waals surface area contributed by atoms with Crippen LogP contribution in [0, 0.1) is 0 Å². The maximum absolute atomic E-state index is 5.64.